The fourth-order valence-electron chi connectivity index (χ4n) is 2.43. The van der Waals surface area contributed by atoms with Crippen molar-refractivity contribution in [3.8, 4) is 5.75 Å². The Labute approximate surface area is 164 Å². The van der Waals surface area contributed by atoms with E-state index in [9.17, 15) is 0 Å². The Bertz CT molecular complexity index is 669. The fraction of sp³-hybridized carbons (Fsp3) is 0.348. The van der Waals surface area contributed by atoms with Gasteiger partial charge in [-0.1, -0.05) is 42.5 Å². The van der Waals surface area contributed by atoms with E-state index in [1.807, 2.05) is 51.5 Å². The molecule has 27 heavy (non-hydrogen) atoms. The van der Waals surface area contributed by atoms with Gasteiger partial charge >= 0.3 is 0 Å². The first-order chi connectivity index (χ1) is 13.0. The largest absolute Gasteiger partial charge is 0.490 e. The molecule has 0 saturated heterocycles. The first-order valence-corrected chi connectivity index (χ1v) is 9.14. The van der Waals surface area contributed by atoms with Crippen molar-refractivity contribution >= 4 is 5.84 Å². The summed E-state index contributed by atoms with van der Waals surface area (Å²) in [5.74, 6) is 1.85. The second kappa shape index (κ2) is 12.7. The molecule has 0 aromatic heterocycles. The highest BCUT2D eigenvalue weighted by Gasteiger charge is 2.08. The monoisotopic (exact) mass is 367 g/mol. The summed E-state index contributed by atoms with van der Waals surface area (Å²) in [4.78, 5) is 8.61. The maximum Gasteiger partial charge on any atom is 0.119 e. The predicted molar refractivity (Wildman–Crippen MR) is 117 cm³/mol. The summed E-state index contributed by atoms with van der Waals surface area (Å²) < 4.78 is 5.75. The first-order valence-electron chi connectivity index (χ1n) is 9.14. The number of likely N-dealkylation sites (N-methyl/N-ethyl adjacent to an activating group) is 2. The van der Waals surface area contributed by atoms with Crippen LogP contribution < -0.4 is 4.74 Å². The summed E-state index contributed by atoms with van der Waals surface area (Å²) in [6, 6.07) is 8.19. The van der Waals surface area contributed by atoms with E-state index < -0.39 is 0 Å². The summed E-state index contributed by atoms with van der Waals surface area (Å²) in [7, 11) is 6.11. The van der Waals surface area contributed by atoms with Crippen LogP contribution in [0.15, 0.2) is 78.5 Å². The molecular formula is C23H33N3O. The summed E-state index contributed by atoms with van der Waals surface area (Å²) in [6.07, 6.45) is 10.5. The lowest BCUT2D eigenvalue weighted by Gasteiger charge is -2.23. The number of rotatable bonds is 11. The summed E-state index contributed by atoms with van der Waals surface area (Å²) in [5, 5.41) is 0. The van der Waals surface area contributed by atoms with Crippen molar-refractivity contribution in [2.45, 2.75) is 19.9 Å². The van der Waals surface area contributed by atoms with Crippen LogP contribution in [0.3, 0.4) is 0 Å². The van der Waals surface area contributed by atoms with Crippen LogP contribution in [-0.4, -0.2) is 49.9 Å². The van der Waals surface area contributed by atoms with E-state index in [1.54, 1.807) is 6.20 Å². The minimum atomic E-state index is 0.552. The third-order valence-electron chi connectivity index (χ3n) is 3.81. The van der Waals surface area contributed by atoms with Crippen LogP contribution >= 0.6 is 0 Å². The number of ether oxygens (including phenoxy) is 1. The Kier molecular flexibility index (Phi) is 10.6. The molecule has 0 spiro atoms. The molecule has 0 saturated carbocycles. The molecule has 4 heteroatoms. The fourth-order valence-corrected chi connectivity index (χ4v) is 2.43. The quantitative estimate of drug-likeness (QED) is 0.246. The lowest BCUT2D eigenvalue weighted by atomic mass is 10.2. The van der Waals surface area contributed by atoms with Crippen LogP contribution in [0.25, 0.3) is 0 Å². The van der Waals surface area contributed by atoms with Crippen molar-refractivity contribution in [1.29, 1.82) is 0 Å². The minimum Gasteiger partial charge on any atom is -0.490 e. The van der Waals surface area contributed by atoms with E-state index >= 15 is 0 Å². The van der Waals surface area contributed by atoms with Gasteiger partial charge in [0.15, 0.2) is 0 Å². The van der Waals surface area contributed by atoms with Gasteiger partial charge in [-0.15, -0.1) is 6.58 Å². The van der Waals surface area contributed by atoms with Gasteiger partial charge in [0.2, 0.25) is 0 Å². The number of benzene rings is 1. The van der Waals surface area contributed by atoms with Crippen molar-refractivity contribution in [1.82, 2.24) is 9.80 Å². The maximum atomic E-state index is 5.75. The highest BCUT2D eigenvalue weighted by Crippen LogP contribution is 2.14. The predicted octanol–water partition coefficient (Wildman–Crippen LogP) is 4.68. The van der Waals surface area contributed by atoms with E-state index in [0.717, 1.165) is 31.1 Å². The summed E-state index contributed by atoms with van der Waals surface area (Å²) in [5.41, 5.74) is 2.49. The number of amidine groups is 1. The zero-order valence-corrected chi connectivity index (χ0v) is 17.2. The van der Waals surface area contributed by atoms with Gasteiger partial charge in [0, 0.05) is 19.8 Å². The number of hydrogen-bond donors (Lipinski definition) is 0. The van der Waals surface area contributed by atoms with Crippen molar-refractivity contribution in [2.75, 3.05) is 34.3 Å². The third-order valence-corrected chi connectivity index (χ3v) is 3.81. The number of aliphatic imine (C=N–C) groups is 1. The van der Waals surface area contributed by atoms with Gasteiger partial charge in [-0.3, -0.25) is 0 Å². The second-order valence-electron chi connectivity index (χ2n) is 6.71. The summed E-state index contributed by atoms with van der Waals surface area (Å²) >= 11 is 0. The molecule has 0 radical (unpaired) electrons. The molecule has 0 aliphatic heterocycles. The molecule has 146 valence electrons. The molecule has 1 aromatic carbocycles. The molecule has 1 aromatic rings. The Morgan fingerprint density at radius 1 is 1.15 bits per heavy atom. The van der Waals surface area contributed by atoms with Gasteiger partial charge in [-0.2, -0.15) is 0 Å². The molecule has 1 rings (SSSR count). The highest BCUT2D eigenvalue weighted by molar-refractivity contribution is 5.84. The van der Waals surface area contributed by atoms with E-state index in [-0.39, 0.29) is 0 Å². The molecule has 0 bridgehead atoms. The molecule has 0 aliphatic rings. The molecule has 0 unspecified atom stereocenters. The SMILES string of the molecule is C=CC/C(C)=C\C=C/COc1ccc(CN(C)C(CN(C)C)=NC=C)cc1. The van der Waals surface area contributed by atoms with Gasteiger partial charge in [0.05, 0.1) is 6.54 Å². The lowest BCUT2D eigenvalue weighted by molar-refractivity contribution is 0.362. The Morgan fingerprint density at radius 3 is 2.44 bits per heavy atom. The van der Waals surface area contributed by atoms with Gasteiger partial charge in [0.1, 0.15) is 18.2 Å². The summed E-state index contributed by atoms with van der Waals surface area (Å²) in [6.45, 7) is 11.6. The normalized spacial score (nSPS) is 12.5. The Morgan fingerprint density at radius 2 is 1.85 bits per heavy atom. The van der Waals surface area contributed by atoms with Crippen molar-refractivity contribution in [2.24, 2.45) is 4.99 Å². The Hall–Kier alpha value is -2.59. The molecule has 0 amide bonds. The standard InChI is InChI=1S/C23H33N3O/c1-7-11-20(3)12-9-10-17-27-22-15-13-21(14-16-22)18-26(6)23(24-8-2)19-25(4)5/h7-10,12-16H,1-2,11,17-19H2,3-6H3/b10-9-,20-12-,24-23?. The lowest BCUT2D eigenvalue weighted by Crippen LogP contribution is -2.34. The zero-order chi connectivity index (χ0) is 20.1. The molecule has 0 fully saturated rings. The van der Waals surface area contributed by atoms with E-state index in [2.05, 4.69) is 53.1 Å². The van der Waals surface area contributed by atoms with Crippen LogP contribution in [0.1, 0.15) is 18.9 Å². The van der Waals surface area contributed by atoms with E-state index in [1.165, 1.54) is 11.1 Å². The average Bonchev–Trinajstić information content (AvgIpc) is 2.62. The van der Waals surface area contributed by atoms with Crippen molar-refractivity contribution in [3.63, 3.8) is 0 Å². The smallest absolute Gasteiger partial charge is 0.119 e. The molecule has 4 nitrogen and oxygen atoms in total. The highest BCUT2D eigenvalue weighted by atomic mass is 16.5. The number of nitrogens with zero attached hydrogens (tertiary/aromatic N) is 3. The maximum absolute atomic E-state index is 5.75. The number of hydrogen-bond acceptors (Lipinski definition) is 3. The average molecular weight is 368 g/mol. The van der Waals surface area contributed by atoms with Crippen LogP contribution in [0.5, 0.6) is 5.75 Å². The molecular weight excluding hydrogens is 334 g/mol. The second-order valence-corrected chi connectivity index (χ2v) is 6.71. The van der Waals surface area contributed by atoms with Crippen LogP contribution in [-0.2, 0) is 6.54 Å². The van der Waals surface area contributed by atoms with Crippen molar-refractivity contribution < 1.29 is 4.74 Å². The van der Waals surface area contributed by atoms with Crippen LogP contribution in [0.4, 0.5) is 0 Å². The third kappa shape index (κ3) is 9.61. The molecule has 0 heterocycles. The van der Waals surface area contributed by atoms with Gasteiger partial charge < -0.3 is 14.5 Å². The van der Waals surface area contributed by atoms with Gasteiger partial charge in [-0.05, 0) is 51.2 Å². The van der Waals surface area contributed by atoms with E-state index in [4.69, 9.17) is 4.74 Å². The zero-order valence-electron chi connectivity index (χ0n) is 17.2. The minimum absolute atomic E-state index is 0.552. The van der Waals surface area contributed by atoms with Crippen LogP contribution in [0, 0.1) is 0 Å². The van der Waals surface area contributed by atoms with Crippen molar-refractivity contribution in [3.05, 3.63) is 79.1 Å². The van der Waals surface area contributed by atoms with Crippen LogP contribution in [0.2, 0.25) is 0 Å². The molecule has 0 atom stereocenters. The topological polar surface area (TPSA) is 28.1 Å². The van der Waals surface area contributed by atoms with Gasteiger partial charge in [0.25, 0.3) is 0 Å². The molecule has 0 aliphatic carbocycles. The molecule has 0 N–H and O–H groups in total. The van der Waals surface area contributed by atoms with Gasteiger partial charge in [-0.25, -0.2) is 4.99 Å². The Balaban J connectivity index is 2.54. The number of allylic oxidation sites excluding steroid dienone is 4. The van der Waals surface area contributed by atoms with E-state index in [0.29, 0.717) is 6.61 Å². The first kappa shape index (κ1) is 22.5.